The number of nitro groups is 1. The van der Waals surface area contributed by atoms with Crippen LogP contribution in [0.1, 0.15) is 30.9 Å². The fraction of sp³-hybridized carbons (Fsp3) is 0.538. The van der Waals surface area contributed by atoms with E-state index in [2.05, 4.69) is 0 Å². The SMILES string of the molecule is Nc1cccc([C@@H](C[N+](=O)[O-])O[C@H]2CCCCO2)c1. The quantitative estimate of drug-likeness (QED) is 0.501. The number of hydrogen-bond donors (Lipinski definition) is 1. The zero-order chi connectivity index (χ0) is 13.7. The second-order valence-corrected chi connectivity index (χ2v) is 4.61. The lowest BCUT2D eigenvalue weighted by atomic mass is 10.1. The van der Waals surface area contributed by atoms with Crippen LogP contribution in [0.2, 0.25) is 0 Å². The molecule has 0 radical (unpaired) electrons. The van der Waals surface area contributed by atoms with Gasteiger partial charge in [0.15, 0.2) is 12.4 Å². The van der Waals surface area contributed by atoms with Crippen molar-refractivity contribution in [3.05, 3.63) is 39.9 Å². The second-order valence-electron chi connectivity index (χ2n) is 4.61. The molecule has 19 heavy (non-hydrogen) atoms. The fourth-order valence-electron chi connectivity index (χ4n) is 2.12. The van der Waals surface area contributed by atoms with E-state index in [1.807, 2.05) is 0 Å². The lowest BCUT2D eigenvalue weighted by Crippen LogP contribution is -2.27. The van der Waals surface area contributed by atoms with Crippen molar-refractivity contribution < 1.29 is 14.4 Å². The van der Waals surface area contributed by atoms with Crippen molar-refractivity contribution in [2.75, 3.05) is 18.9 Å². The summed E-state index contributed by atoms with van der Waals surface area (Å²) in [7, 11) is 0. The van der Waals surface area contributed by atoms with Crippen molar-refractivity contribution in [3.63, 3.8) is 0 Å². The van der Waals surface area contributed by atoms with Crippen LogP contribution >= 0.6 is 0 Å². The Bertz CT molecular complexity index is 432. The van der Waals surface area contributed by atoms with E-state index in [4.69, 9.17) is 15.2 Å². The van der Waals surface area contributed by atoms with Crippen LogP contribution in [0.15, 0.2) is 24.3 Å². The molecular formula is C13H18N2O4. The third-order valence-corrected chi connectivity index (χ3v) is 3.05. The molecule has 0 spiro atoms. The summed E-state index contributed by atoms with van der Waals surface area (Å²) in [6, 6.07) is 7.00. The van der Waals surface area contributed by atoms with E-state index in [1.54, 1.807) is 24.3 Å². The largest absolute Gasteiger partial charge is 0.399 e. The van der Waals surface area contributed by atoms with Crippen molar-refractivity contribution in [2.24, 2.45) is 0 Å². The molecule has 1 aromatic rings. The zero-order valence-corrected chi connectivity index (χ0v) is 10.7. The molecule has 104 valence electrons. The summed E-state index contributed by atoms with van der Waals surface area (Å²) in [5.74, 6) is 0. The molecule has 0 bridgehead atoms. The van der Waals surface area contributed by atoms with Crippen LogP contribution < -0.4 is 5.73 Å². The second kappa shape index (κ2) is 6.49. The Hall–Kier alpha value is -1.66. The third-order valence-electron chi connectivity index (χ3n) is 3.05. The van der Waals surface area contributed by atoms with Crippen LogP contribution in [0.4, 0.5) is 5.69 Å². The molecule has 2 rings (SSSR count). The number of hydrogen-bond acceptors (Lipinski definition) is 5. The summed E-state index contributed by atoms with van der Waals surface area (Å²) in [6.45, 7) is 0.357. The molecule has 0 amide bonds. The molecule has 0 aliphatic carbocycles. The highest BCUT2D eigenvalue weighted by atomic mass is 16.7. The van der Waals surface area contributed by atoms with Crippen molar-refractivity contribution in [3.8, 4) is 0 Å². The van der Waals surface area contributed by atoms with E-state index < -0.39 is 6.10 Å². The molecule has 2 N–H and O–H groups in total. The van der Waals surface area contributed by atoms with Gasteiger partial charge in [-0.25, -0.2) is 0 Å². The minimum Gasteiger partial charge on any atom is -0.399 e. The number of rotatable bonds is 5. The highest BCUT2D eigenvalue weighted by Gasteiger charge is 2.25. The first-order chi connectivity index (χ1) is 9.15. The van der Waals surface area contributed by atoms with Crippen LogP contribution in [0.3, 0.4) is 0 Å². The topological polar surface area (TPSA) is 87.6 Å². The molecule has 1 heterocycles. The standard InChI is InChI=1S/C13H18N2O4/c14-11-5-3-4-10(8-11)12(9-15(16)17)19-13-6-1-2-7-18-13/h3-5,8,12-13H,1-2,6-7,9,14H2/t12-,13+/m1/s1. The average molecular weight is 266 g/mol. The maximum atomic E-state index is 10.8. The fourth-order valence-corrected chi connectivity index (χ4v) is 2.12. The Labute approximate surface area is 111 Å². The zero-order valence-electron chi connectivity index (χ0n) is 10.7. The van der Waals surface area contributed by atoms with E-state index in [1.165, 1.54) is 0 Å². The monoisotopic (exact) mass is 266 g/mol. The summed E-state index contributed by atoms with van der Waals surface area (Å²) in [5, 5.41) is 10.8. The molecule has 0 unspecified atom stereocenters. The van der Waals surface area contributed by atoms with Gasteiger partial charge in [-0.15, -0.1) is 0 Å². The minimum absolute atomic E-state index is 0.288. The van der Waals surface area contributed by atoms with E-state index >= 15 is 0 Å². The lowest BCUT2D eigenvalue weighted by Gasteiger charge is -2.26. The highest BCUT2D eigenvalue weighted by molar-refractivity contribution is 5.41. The first kappa shape index (κ1) is 13.8. The summed E-state index contributed by atoms with van der Waals surface area (Å²) in [5.41, 5.74) is 6.99. The maximum Gasteiger partial charge on any atom is 0.233 e. The van der Waals surface area contributed by atoms with Crippen LogP contribution in [-0.4, -0.2) is 24.4 Å². The Morgan fingerprint density at radius 3 is 3.00 bits per heavy atom. The molecule has 1 aliphatic rings. The molecule has 1 aromatic carbocycles. The number of nitrogen functional groups attached to an aromatic ring is 1. The van der Waals surface area contributed by atoms with Gasteiger partial charge in [-0.3, -0.25) is 10.1 Å². The van der Waals surface area contributed by atoms with Gasteiger partial charge in [-0.2, -0.15) is 0 Å². The average Bonchev–Trinajstić information content (AvgIpc) is 2.39. The van der Waals surface area contributed by atoms with Gasteiger partial charge in [-0.1, -0.05) is 12.1 Å². The van der Waals surface area contributed by atoms with E-state index in [9.17, 15) is 10.1 Å². The van der Waals surface area contributed by atoms with Crippen molar-refractivity contribution in [1.29, 1.82) is 0 Å². The Balaban J connectivity index is 2.08. The van der Waals surface area contributed by atoms with Crippen molar-refractivity contribution in [1.82, 2.24) is 0 Å². The first-order valence-corrected chi connectivity index (χ1v) is 6.39. The van der Waals surface area contributed by atoms with Gasteiger partial charge < -0.3 is 15.2 Å². The third kappa shape index (κ3) is 4.18. The molecule has 1 aliphatic heterocycles. The lowest BCUT2D eigenvalue weighted by molar-refractivity contribution is -0.495. The molecule has 0 aromatic heterocycles. The van der Waals surface area contributed by atoms with Crippen LogP contribution in [0, 0.1) is 10.1 Å². The predicted octanol–water partition coefficient (Wildman–Crippen LogP) is 2.13. The number of ether oxygens (including phenoxy) is 2. The predicted molar refractivity (Wildman–Crippen MR) is 70.1 cm³/mol. The summed E-state index contributed by atoms with van der Waals surface area (Å²) < 4.78 is 11.2. The number of nitrogens with two attached hydrogens (primary N) is 1. The van der Waals surface area contributed by atoms with Gasteiger partial charge in [0.25, 0.3) is 0 Å². The Kier molecular flexibility index (Phi) is 4.70. The molecule has 1 fully saturated rings. The molecule has 6 nitrogen and oxygen atoms in total. The Morgan fingerprint density at radius 1 is 1.53 bits per heavy atom. The summed E-state index contributed by atoms with van der Waals surface area (Å²) in [4.78, 5) is 10.4. The van der Waals surface area contributed by atoms with Crippen molar-refractivity contribution >= 4 is 5.69 Å². The van der Waals surface area contributed by atoms with Gasteiger partial charge in [0.05, 0.1) is 0 Å². The molecular weight excluding hydrogens is 248 g/mol. The smallest absolute Gasteiger partial charge is 0.233 e. The van der Waals surface area contributed by atoms with Gasteiger partial charge in [0.1, 0.15) is 0 Å². The molecule has 1 saturated heterocycles. The normalized spacial score (nSPS) is 20.9. The number of nitrogens with zero attached hydrogens (tertiary/aromatic N) is 1. The van der Waals surface area contributed by atoms with Gasteiger partial charge in [-0.05, 0) is 37.0 Å². The van der Waals surface area contributed by atoms with Gasteiger partial charge in [0, 0.05) is 17.2 Å². The highest BCUT2D eigenvalue weighted by Crippen LogP contribution is 2.25. The van der Waals surface area contributed by atoms with Gasteiger partial charge in [0.2, 0.25) is 6.54 Å². The van der Waals surface area contributed by atoms with Crippen LogP contribution in [0.5, 0.6) is 0 Å². The van der Waals surface area contributed by atoms with Crippen LogP contribution in [0.25, 0.3) is 0 Å². The Morgan fingerprint density at radius 2 is 2.37 bits per heavy atom. The van der Waals surface area contributed by atoms with E-state index in [-0.39, 0.29) is 17.8 Å². The van der Waals surface area contributed by atoms with Crippen LogP contribution in [-0.2, 0) is 9.47 Å². The number of anilines is 1. The number of benzene rings is 1. The summed E-state index contributed by atoms with van der Waals surface area (Å²) in [6.07, 6.45) is 1.82. The first-order valence-electron chi connectivity index (χ1n) is 6.39. The summed E-state index contributed by atoms with van der Waals surface area (Å²) >= 11 is 0. The van der Waals surface area contributed by atoms with E-state index in [0.29, 0.717) is 17.9 Å². The minimum atomic E-state index is -0.624. The van der Waals surface area contributed by atoms with E-state index in [0.717, 1.165) is 19.3 Å². The maximum absolute atomic E-state index is 10.8. The molecule has 0 saturated carbocycles. The van der Waals surface area contributed by atoms with Crippen molar-refractivity contribution in [2.45, 2.75) is 31.7 Å². The molecule has 6 heteroatoms. The molecule has 2 atom stereocenters. The van der Waals surface area contributed by atoms with Gasteiger partial charge >= 0.3 is 0 Å².